The fraction of sp³-hybridized carbons (Fsp3) is 1.00. The average molecular weight is 146 g/mol. The summed E-state index contributed by atoms with van der Waals surface area (Å²) in [6, 6.07) is 0. The predicted molar refractivity (Wildman–Crippen MR) is 36.8 cm³/mol. The van der Waals surface area contributed by atoms with Gasteiger partial charge in [0.1, 0.15) is 6.10 Å². The summed E-state index contributed by atoms with van der Waals surface area (Å²) in [7, 11) is 1.64. The Labute approximate surface area is 60.9 Å². The van der Waals surface area contributed by atoms with Crippen molar-refractivity contribution in [2.24, 2.45) is 0 Å². The summed E-state index contributed by atoms with van der Waals surface area (Å²) in [6.45, 7) is 2.55. The third-order valence-electron chi connectivity index (χ3n) is 1.88. The van der Waals surface area contributed by atoms with Gasteiger partial charge in [0.25, 0.3) is 0 Å². The molecule has 0 aliphatic heterocycles. The van der Waals surface area contributed by atoms with E-state index in [1.54, 1.807) is 7.11 Å². The van der Waals surface area contributed by atoms with Crippen molar-refractivity contribution >= 4 is 0 Å². The highest BCUT2D eigenvalue weighted by Gasteiger charge is 2.40. The summed E-state index contributed by atoms with van der Waals surface area (Å²) in [5.41, 5.74) is 0. The summed E-state index contributed by atoms with van der Waals surface area (Å²) in [4.78, 5) is 0. The predicted octanol–water partition coefficient (Wildman–Crippen LogP) is 0.171. The van der Waals surface area contributed by atoms with Crippen molar-refractivity contribution in [3.8, 4) is 0 Å². The molecular weight excluding hydrogens is 132 g/mol. The van der Waals surface area contributed by atoms with Crippen molar-refractivity contribution in [3.05, 3.63) is 0 Å². The van der Waals surface area contributed by atoms with E-state index in [-0.39, 0.29) is 18.3 Å². The molecule has 0 spiro atoms. The van der Waals surface area contributed by atoms with Gasteiger partial charge in [0.15, 0.2) is 0 Å². The summed E-state index contributed by atoms with van der Waals surface area (Å²) in [5.74, 6) is 0. The highest BCUT2D eigenvalue weighted by Crippen LogP contribution is 2.26. The number of hydrogen-bond donors (Lipinski definition) is 1. The third-order valence-corrected chi connectivity index (χ3v) is 1.88. The minimum atomic E-state index is -0.315. The fourth-order valence-corrected chi connectivity index (χ4v) is 1.20. The molecule has 1 saturated carbocycles. The summed E-state index contributed by atoms with van der Waals surface area (Å²) < 4.78 is 10.3. The van der Waals surface area contributed by atoms with Crippen LogP contribution in [0.4, 0.5) is 0 Å². The normalized spacial score (nSPS) is 39.3. The molecule has 1 aliphatic carbocycles. The van der Waals surface area contributed by atoms with Crippen LogP contribution in [0.2, 0.25) is 0 Å². The van der Waals surface area contributed by atoms with Crippen LogP contribution in [-0.2, 0) is 9.47 Å². The van der Waals surface area contributed by atoms with Crippen LogP contribution in [0.3, 0.4) is 0 Å². The largest absolute Gasteiger partial charge is 0.390 e. The van der Waals surface area contributed by atoms with Gasteiger partial charge < -0.3 is 14.6 Å². The van der Waals surface area contributed by atoms with Crippen LogP contribution in [0.5, 0.6) is 0 Å². The zero-order valence-electron chi connectivity index (χ0n) is 6.41. The van der Waals surface area contributed by atoms with Crippen LogP contribution in [0.25, 0.3) is 0 Å². The van der Waals surface area contributed by atoms with E-state index in [1.165, 1.54) is 0 Å². The Hall–Kier alpha value is -0.120. The first-order valence-electron chi connectivity index (χ1n) is 3.62. The van der Waals surface area contributed by atoms with Crippen molar-refractivity contribution in [2.45, 2.75) is 31.7 Å². The second-order valence-electron chi connectivity index (χ2n) is 2.50. The maximum atomic E-state index is 9.14. The maximum Gasteiger partial charge on any atom is 0.110 e. The molecule has 1 fully saturated rings. The first-order chi connectivity index (χ1) is 4.79. The first kappa shape index (κ1) is 7.98. The molecule has 3 heteroatoms. The number of aliphatic hydroxyl groups is 1. The van der Waals surface area contributed by atoms with Gasteiger partial charge in [-0.2, -0.15) is 0 Å². The van der Waals surface area contributed by atoms with E-state index < -0.39 is 0 Å². The summed E-state index contributed by atoms with van der Waals surface area (Å²) >= 11 is 0. The van der Waals surface area contributed by atoms with E-state index >= 15 is 0 Å². The van der Waals surface area contributed by atoms with Crippen molar-refractivity contribution in [2.75, 3.05) is 13.7 Å². The molecule has 3 unspecified atom stereocenters. The zero-order chi connectivity index (χ0) is 7.56. The number of aliphatic hydroxyl groups excluding tert-OH is 1. The van der Waals surface area contributed by atoms with Gasteiger partial charge in [-0.15, -0.1) is 0 Å². The monoisotopic (exact) mass is 146 g/mol. The lowest BCUT2D eigenvalue weighted by molar-refractivity contribution is -0.180. The highest BCUT2D eigenvalue weighted by molar-refractivity contribution is 4.91. The first-order valence-corrected chi connectivity index (χ1v) is 3.62. The molecule has 0 aromatic rings. The van der Waals surface area contributed by atoms with Gasteiger partial charge in [0, 0.05) is 20.1 Å². The van der Waals surface area contributed by atoms with Gasteiger partial charge in [0.2, 0.25) is 0 Å². The maximum absolute atomic E-state index is 9.14. The van der Waals surface area contributed by atoms with E-state index in [0.717, 1.165) is 0 Å². The lowest BCUT2D eigenvalue weighted by atomic mass is 9.88. The number of ether oxygens (including phenoxy) is 2. The fourth-order valence-electron chi connectivity index (χ4n) is 1.20. The zero-order valence-corrected chi connectivity index (χ0v) is 6.41. The van der Waals surface area contributed by atoms with Crippen molar-refractivity contribution in [1.29, 1.82) is 0 Å². The third kappa shape index (κ3) is 1.31. The lowest BCUT2D eigenvalue weighted by Crippen LogP contribution is -2.53. The summed E-state index contributed by atoms with van der Waals surface area (Å²) in [6.07, 6.45) is 0.413. The molecule has 0 amide bonds. The molecule has 0 saturated heterocycles. The SMILES string of the molecule is CCOC1C(O)CC1OC. The molecule has 1 aliphatic rings. The molecule has 1 rings (SSSR count). The van der Waals surface area contributed by atoms with Gasteiger partial charge in [-0.25, -0.2) is 0 Å². The molecule has 60 valence electrons. The molecular formula is C7H14O3. The molecule has 0 aromatic carbocycles. The molecule has 1 N–H and O–H groups in total. The average Bonchev–Trinajstić information content (AvgIpc) is 1.95. The molecule has 0 heterocycles. The second kappa shape index (κ2) is 3.32. The quantitative estimate of drug-likeness (QED) is 0.617. The summed E-state index contributed by atoms with van der Waals surface area (Å²) in [5, 5.41) is 9.14. The number of rotatable bonds is 3. The molecule has 3 nitrogen and oxygen atoms in total. The topological polar surface area (TPSA) is 38.7 Å². The Balaban J connectivity index is 2.25. The Kier molecular flexibility index (Phi) is 2.65. The molecule has 0 radical (unpaired) electrons. The van der Waals surface area contributed by atoms with Gasteiger partial charge >= 0.3 is 0 Å². The van der Waals surface area contributed by atoms with Gasteiger partial charge in [-0.05, 0) is 6.92 Å². The smallest absolute Gasteiger partial charge is 0.110 e. The number of methoxy groups -OCH3 is 1. The highest BCUT2D eigenvalue weighted by atomic mass is 16.5. The van der Waals surface area contributed by atoms with Crippen LogP contribution in [-0.4, -0.2) is 37.1 Å². The minimum Gasteiger partial charge on any atom is -0.390 e. The van der Waals surface area contributed by atoms with E-state index in [9.17, 15) is 0 Å². The van der Waals surface area contributed by atoms with Crippen LogP contribution >= 0.6 is 0 Å². The van der Waals surface area contributed by atoms with Gasteiger partial charge in [0.05, 0.1) is 12.2 Å². The van der Waals surface area contributed by atoms with Gasteiger partial charge in [-0.3, -0.25) is 0 Å². The molecule has 3 atom stereocenters. The van der Waals surface area contributed by atoms with Gasteiger partial charge in [-0.1, -0.05) is 0 Å². The molecule has 0 bridgehead atoms. The van der Waals surface area contributed by atoms with E-state index in [0.29, 0.717) is 13.0 Å². The van der Waals surface area contributed by atoms with E-state index in [4.69, 9.17) is 14.6 Å². The van der Waals surface area contributed by atoms with Crippen LogP contribution in [0.15, 0.2) is 0 Å². The Morgan fingerprint density at radius 1 is 1.60 bits per heavy atom. The Morgan fingerprint density at radius 3 is 2.70 bits per heavy atom. The van der Waals surface area contributed by atoms with Crippen molar-refractivity contribution < 1.29 is 14.6 Å². The van der Waals surface area contributed by atoms with E-state index in [1.807, 2.05) is 6.92 Å². The molecule has 0 aromatic heterocycles. The minimum absolute atomic E-state index is 0.0880. The van der Waals surface area contributed by atoms with Crippen LogP contribution < -0.4 is 0 Å². The standard InChI is InChI=1S/C7H14O3/c1-3-10-7-5(8)4-6(7)9-2/h5-8H,3-4H2,1-2H3. The lowest BCUT2D eigenvalue weighted by Gasteiger charge is -2.39. The second-order valence-corrected chi connectivity index (χ2v) is 2.50. The molecule has 10 heavy (non-hydrogen) atoms. The van der Waals surface area contributed by atoms with Crippen LogP contribution in [0, 0.1) is 0 Å². The van der Waals surface area contributed by atoms with Crippen molar-refractivity contribution in [3.63, 3.8) is 0 Å². The van der Waals surface area contributed by atoms with Crippen molar-refractivity contribution in [1.82, 2.24) is 0 Å². The van der Waals surface area contributed by atoms with E-state index in [2.05, 4.69) is 0 Å². The Bertz CT molecular complexity index is 105. The van der Waals surface area contributed by atoms with Crippen LogP contribution in [0.1, 0.15) is 13.3 Å². The Morgan fingerprint density at radius 2 is 2.30 bits per heavy atom. The number of hydrogen-bond acceptors (Lipinski definition) is 3.